The Hall–Kier alpha value is -2.41. The Bertz CT molecular complexity index is 634. The van der Waals surface area contributed by atoms with Crippen LogP contribution in [0.15, 0.2) is 41.8 Å². The van der Waals surface area contributed by atoms with E-state index in [4.69, 9.17) is 4.74 Å². The van der Waals surface area contributed by atoms with Crippen molar-refractivity contribution in [2.24, 2.45) is 7.05 Å². The third kappa shape index (κ3) is 4.28. The second-order valence-corrected chi connectivity index (χ2v) is 4.51. The first-order valence-corrected chi connectivity index (χ1v) is 6.66. The van der Waals surface area contributed by atoms with Crippen molar-refractivity contribution >= 4 is 5.91 Å². The lowest BCUT2D eigenvalue weighted by molar-refractivity contribution is 0.0906. The molecule has 7 heteroatoms. The molecule has 0 aromatic carbocycles. The van der Waals surface area contributed by atoms with Crippen LogP contribution in [-0.2, 0) is 18.3 Å². The lowest BCUT2D eigenvalue weighted by Gasteiger charge is -2.07. The van der Waals surface area contributed by atoms with Gasteiger partial charge in [0.05, 0.1) is 19.5 Å². The largest absolute Gasteiger partial charge is 0.378 e. The van der Waals surface area contributed by atoms with Gasteiger partial charge in [0.2, 0.25) is 0 Å². The Labute approximate surface area is 122 Å². The molecule has 2 aromatic rings. The number of aryl methyl sites for hydroxylation is 1. The van der Waals surface area contributed by atoms with E-state index in [9.17, 15) is 9.59 Å². The highest BCUT2D eigenvalue weighted by Crippen LogP contribution is 1.91. The zero-order valence-electron chi connectivity index (χ0n) is 11.9. The first-order valence-electron chi connectivity index (χ1n) is 6.66. The molecule has 0 atom stereocenters. The van der Waals surface area contributed by atoms with Gasteiger partial charge in [0.15, 0.2) is 0 Å². The molecule has 0 saturated carbocycles. The minimum Gasteiger partial charge on any atom is -0.378 e. The lowest BCUT2D eigenvalue weighted by Crippen LogP contribution is -2.33. The molecule has 2 aromatic heterocycles. The smallest absolute Gasteiger partial charge is 0.263 e. The van der Waals surface area contributed by atoms with E-state index in [0.717, 1.165) is 0 Å². The van der Waals surface area contributed by atoms with Crippen molar-refractivity contribution in [1.29, 1.82) is 0 Å². The van der Waals surface area contributed by atoms with Gasteiger partial charge in [0, 0.05) is 38.7 Å². The maximum absolute atomic E-state index is 11.8. The number of imidazole rings is 1. The standard InChI is InChI=1S/C14H18N4O3/c1-17-6-2-3-12(14(17)20)13(19)16-5-9-21-10-8-18-7-4-15-11-18/h2-4,6-7,11H,5,8-10H2,1H3,(H,16,19). The van der Waals surface area contributed by atoms with E-state index >= 15 is 0 Å². The highest BCUT2D eigenvalue weighted by atomic mass is 16.5. The highest BCUT2D eigenvalue weighted by molar-refractivity contribution is 5.93. The second-order valence-electron chi connectivity index (χ2n) is 4.51. The molecule has 2 heterocycles. The topological polar surface area (TPSA) is 78.2 Å². The summed E-state index contributed by atoms with van der Waals surface area (Å²) in [6.07, 6.45) is 6.89. The number of pyridine rings is 1. The molecule has 2 rings (SSSR count). The van der Waals surface area contributed by atoms with E-state index < -0.39 is 0 Å². The number of aromatic nitrogens is 3. The normalized spacial score (nSPS) is 10.5. The van der Waals surface area contributed by atoms with Crippen LogP contribution in [0.5, 0.6) is 0 Å². The van der Waals surface area contributed by atoms with Gasteiger partial charge in [-0.3, -0.25) is 9.59 Å². The maximum atomic E-state index is 11.8. The van der Waals surface area contributed by atoms with Crippen LogP contribution in [0.4, 0.5) is 0 Å². The van der Waals surface area contributed by atoms with Gasteiger partial charge in [-0.1, -0.05) is 0 Å². The molecule has 112 valence electrons. The Morgan fingerprint density at radius 3 is 3.00 bits per heavy atom. The number of hydrogen-bond donors (Lipinski definition) is 1. The molecule has 0 aliphatic carbocycles. The maximum Gasteiger partial charge on any atom is 0.263 e. The molecule has 0 unspecified atom stereocenters. The van der Waals surface area contributed by atoms with Crippen LogP contribution in [0.2, 0.25) is 0 Å². The van der Waals surface area contributed by atoms with Crippen LogP contribution in [-0.4, -0.2) is 39.8 Å². The molecule has 0 spiro atoms. The van der Waals surface area contributed by atoms with Crippen LogP contribution < -0.4 is 10.9 Å². The van der Waals surface area contributed by atoms with E-state index in [-0.39, 0.29) is 17.0 Å². The SMILES string of the molecule is Cn1cccc(C(=O)NCCOCCn2ccnc2)c1=O. The summed E-state index contributed by atoms with van der Waals surface area (Å²) < 4.78 is 8.68. The fourth-order valence-corrected chi connectivity index (χ4v) is 1.79. The third-order valence-electron chi connectivity index (χ3n) is 2.95. The van der Waals surface area contributed by atoms with Crippen LogP contribution >= 0.6 is 0 Å². The molecule has 0 saturated heterocycles. The van der Waals surface area contributed by atoms with Crippen molar-refractivity contribution in [2.75, 3.05) is 19.8 Å². The molecule has 1 N–H and O–H groups in total. The molecule has 0 aliphatic heterocycles. The summed E-state index contributed by atoms with van der Waals surface area (Å²) in [5.74, 6) is -0.380. The summed E-state index contributed by atoms with van der Waals surface area (Å²) >= 11 is 0. The molecule has 1 amide bonds. The lowest BCUT2D eigenvalue weighted by atomic mass is 10.2. The monoisotopic (exact) mass is 290 g/mol. The molecule has 0 aliphatic rings. The Kier molecular flexibility index (Phi) is 5.28. The van der Waals surface area contributed by atoms with Gasteiger partial charge in [-0.15, -0.1) is 0 Å². The predicted octanol–water partition coefficient (Wildman–Crippen LogP) is 0.0284. The van der Waals surface area contributed by atoms with Crippen molar-refractivity contribution in [1.82, 2.24) is 19.4 Å². The van der Waals surface area contributed by atoms with Crippen LogP contribution in [0, 0.1) is 0 Å². The predicted molar refractivity (Wildman–Crippen MR) is 77.1 cm³/mol. The molecule has 7 nitrogen and oxygen atoms in total. The van der Waals surface area contributed by atoms with Crippen molar-refractivity contribution < 1.29 is 9.53 Å². The average molecular weight is 290 g/mol. The van der Waals surface area contributed by atoms with E-state index in [1.54, 1.807) is 31.8 Å². The van der Waals surface area contributed by atoms with Gasteiger partial charge < -0.3 is 19.2 Å². The van der Waals surface area contributed by atoms with Crippen molar-refractivity contribution in [3.05, 3.63) is 53.0 Å². The molecule has 21 heavy (non-hydrogen) atoms. The summed E-state index contributed by atoms with van der Waals surface area (Å²) in [5.41, 5.74) is -0.172. The number of carbonyl (C=O) groups is 1. The van der Waals surface area contributed by atoms with Gasteiger partial charge >= 0.3 is 0 Å². The molecular formula is C14H18N4O3. The summed E-state index contributed by atoms with van der Waals surface area (Å²) in [7, 11) is 1.61. The number of amides is 1. The van der Waals surface area contributed by atoms with Crippen LogP contribution in [0.25, 0.3) is 0 Å². The summed E-state index contributed by atoms with van der Waals surface area (Å²) in [6.45, 7) is 2.01. The van der Waals surface area contributed by atoms with Gasteiger partial charge in [-0.2, -0.15) is 0 Å². The van der Waals surface area contributed by atoms with E-state index in [1.165, 1.54) is 10.6 Å². The fourth-order valence-electron chi connectivity index (χ4n) is 1.79. The van der Waals surface area contributed by atoms with E-state index in [2.05, 4.69) is 10.3 Å². The van der Waals surface area contributed by atoms with Gasteiger partial charge in [0.25, 0.3) is 11.5 Å². The number of nitrogens with one attached hydrogen (secondary N) is 1. The number of hydrogen-bond acceptors (Lipinski definition) is 4. The zero-order chi connectivity index (χ0) is 15.1. The molecule has 0 bridgehead atoms. The summed E-state index contributed by atoms with van der Waals surface area (Å²) in [4.78, 5) is 27.5. The molecule has 0 radical (unpaired) electrons. The van der Waals surface area contributed by atoms with E-state index in [1.807, 2.05) is 10.8 Å². The first-order chi connectivity index (χ1) is 10.2. The molecular weight excluding hydrogens is 272 g/mol. The Balaban J connectivity index is 1.67. The minimum atomic E-state index is -0.380. The summed E-state index contributed by atoms with van der Waals surface area (Å²) in [6, 6.07) is 3.18. The fraction of sp³-hybridized carbons (Fsp3) is 0.357. The Morgan fingerprint density at radius 2 is 2.24 bits per heavy atom. The summed E-state index contributed by atoms with van der Waals surface area (Å²) in [5, 5.41) is 2.66. The Morgan fingerprint density at radius 1 is 1.38 bits per heavy atom. The highest BCUT2D eigenvalue weighted by Gasteiger charge is 2.09. The van der Waals surface area contributed by atoms with Crippen LogP contribution in [0.1, 0.15) is 10.4 Å². The van der Waals surface area contributed by atoms with Gasteiger partial charge in [0.1, 0.15) is 5.56 Å². The zero-order valence-corrected chi connectivity index (χ0v) is 11.9. The molecule has 0 fully saturated rings. The second kappa shape index (κ2) is 7.39. The number of rotatable bonds is 7. The minimum absolute atomic E-state index is 0.137. The van der Waals surface area contributed by atoms with E-state index in [0.29, 0.717) is 26.3 Å². The average Bonchev–Trinajstić information content (AvgIpc) is 2.98. The van der Waals surface area contributed by atoms with Crippen molar-refractivity contribution in [3.63, 3.8) is 0 Å². The third-order valence-corrected chi connectivity index (χ3v) is 2.95. The van der Waals surface area contributed by atoms with Gasteiger partial charge in [-0.05, 0) is 12.1 Å². The number of carbonyl (C=O) groups excluding carboxylic acids is 1. The number of nitrogens with zero attached hydrogens (tertiary/aromatic N) is 3. The first kappa shape index (κ1) is 15.0. The number of ether oxygens (including phenoxy) is 1. The quantitative estimate of drug-likeness (QED) is 0.730. The van der Waals surface area contributed by atoms with Gasteiger partial charge in [-0.25, -0.2) is 4.98 Å². The van der Waals surface area contributed by atoms with Crippen molar-refractivity contribution in [3.8, 4) is 0 Å². The van der Waals surface area contributed by atoms with Crippen LogP contribution in [0.3, 0.4) is 0 Å². The van der Waals surface area contributed by atoms with Crippen molar-refractivity contribution in [2.45, 2.75) is 6.54 Å².